The Morgan fingerprint density at radius 1 is 1.57 bits per heavy atom. The zero-order valence-electron chi connectivity index (χ0n) is 12.0. The van der Waals surface area contributed by atoms with Crippen LogP contribution in [0.3, 0.4) is 0 Å². The van der Waals surface area contributed by atoms with Gasteiger partial charge in [0.15, 0.2) is 11.5 Å². The van der Waals surface area contributed by atoms with Gasteiger partial charge in [0.25, 0.3) is 0 Å². The summed E-state index contributed by atoms with van der Waals surface area (Å²) in [5.74, 6) is 0.216. The van der Waals surface area contributed by atoms with Crippen LogP contribution in [0.1, 0.15) is 30.6 Å². The van der Waals surface area contributed by atoms with Crippen LogP contribution in [0.4, 0.5) is 10.2 Å². The largest absolute Gasteiger partial charge is 0.459 e. The molecular formula is C14H17FN4O2. The second kappa shape index (κ2) is 5.31. The van der Waals surface area contributed by atoms with Crippen LogP contribution in [0.25, 0.3) is 11.0 Å². The van der Waals surface area contributed by atoms with Gasteiger partial charge in [0.2, 0.25) is 0 Å². The van der Waals surface area contributed by atoms with E-state index < -0.39 is 12.1 Å². The highest BCUT2D eigenvalue weighted by atomic mass is 19.1. The van der Waals surface area contributed by atoms with Gasteiger partial charge in [-0.2, -0.15) is 5.10 Å². The van der Waals surface area contributed by atoms with Crippen molar-refractivity contribution >= 4 is 22.8 Å². The summed E-state index contributed by atoms with van der Waals surface area (Å²) in [4.78, 5) is 18.0. The minimum absolute atomic E-state index is 0.192. The van der Waals surface area contributed by atoms with Crippen LogP contribution in [0.5, 0.6) is 0 Å². The number of hydrogen-bond donors (Lipinski definition) is 1. The van der Waals surface area contributed by atoms with Gasteiger partial charge in [0.05, 0.1) is 23.6 Å². The first-order valence-corrected chi connectivity index (χ1v) is 6.98. The molecule has 1 fully saturated rings. The van der Waals surface area contributed by atoms with Gasteiger partial charge in [-0.15, -0.1) is 0 Å². The molecule has 0 radical (unpaired) electrons. The molecule has 1 N–H and O–H groups in total. The Kier molecular flexibility index (Phi) is 3.48. The van der Waals surface area contributed by atoms with Gasteiger partial charge in [-0.05, 0) is 26.3 Å². The lowest BCUT2D eigenvalue weighted by Gasteiger charge is -2.14. The lowest BCUT2D eigenvalue weighted by molar-refractivity contribution is 0.0377. The van der Waals surface area contributed by atoms with Gasteiger partial charge in [0.1, 0.15) is 6.17 Å². The first-order chi connectivity index (χ1) is 10.0. The Hall–Kier alpha value is -2.18. The van der Waals surface area contributed by atoms with E-state index in [1.165, 1.54) is 6.20 Å². The van der Waals surface area contributed by atoms with Crippen molar-refractivity contribution in [3.05, 3.63) is 17.8 Å². The zero-order chi connectivity index (χ0) is 15.0. The smallest absolute Gasteiger partial charge is 0.339 e. The number of halogens is 1. The number of nitrogens with zero attached hydrogens (tertiary/aromatic N) is 3. The number of rotatable bonds is 3. The highest BCUT2D eigenvalue weighted by Crippen LogP contribution is 2.27. The summed E-state index contributed by atoms with van der Waals surface area (Å²) in [6.07, 6.45) is 0.926. The van der Waals surface area contributed by atoms with E-state index in [-0.39, 0.29) is 6.10 Å². The number of ether oxygens (including phenoxy) is 1. The topological polar surface area (TPSA) is 71.1 Å². The number of pyridine rings is 1. The average molecular weight is 292 g/mol. The molecule has 1 unspecified atom stereocenters. The fourth-order valence-corrected chi connectivity index (χ4v) is 2.44. The minimum atomic E-state index is -0.834. The molecule has 0 amide bonds. The molecule has 2 aromatic rings. The number of fused-ring (bicyclic) bond motifs is 1. The van der Waals surface area contributed by atoms with E-state index in [4.69, 9.17) is 4.74 Å². The molecule has 0 aromatic carbocycles. The number of carbonyl (C=O) groups is 1. The summed E-state index contributed by atoms with van der Waals surface area (Å²) in [6.45, 7) is 4.51. The van der Waals surface area contributed by atoms with Crippen LogP contribution < -0.4 is 4.90 Å². The van der Waals surface area contributed by atoms with Gasteiger partial charge in [-0.1, -0.05) is 0 Å². The maximum absolute atomic E-state index is 13.3. The van der Waals surface area contributed by atoms with Crippen molar-refractivity contribution in [3.63, 3.8) is 0 Å². The highest BCUT2D eigenvalue weighted by molar-refractivity contribution is 5.96. The van der Waals surface area contributed by atoms with Crippen LogP contribution in [0.15, 0.2) is 12.3 Å². The van der Waals surface area contributed by atoms with E-state index in [9.17, 15) is 9.18 Å². The van der Waals surface area contributed by atoms with E-state index in [2.05, 4.69) is 15.2 Å². The molecule has 7 heteroatoms. The van der Waals surface area contributed by atoms with Crippen molar-refractivity contribution < 1.29 is 13.9 Å². The summed E-state index contributed by atoms with van der Waals surface area (Å²) in [5, 5.41) is 7.71. The number of esters is 1. The van der Waals surface area contributed by atoms with Crippen LogP contribution in [-0.4, -0.2) is 46.5 Å². The van der Waals surface area contributed by atoms with E-state index in [1.807, 2.05) is 4.90 Å². The summed E-state index contributed by atoms with van der Waals surface area (Å²) < 4.78 is 18.5. The van der Waals surface area contributed by atoms with Crippen LogP contribution in [-0.2, 0) is 4.74 Å². The number of alkyl halides is 1. The van der Waals surface area contributed by atoms with Gasteiger partial charge in [-0.25, -0.2) is 14.2 Å². The van der Waals surface area contributed by atoms with Gasteiger partial charge >= 0.3 is 5.97 Å². The molecule has 112 valence electrons. The average Bonchev–Trinajstić information content (AvgIpc) is 3.02. The number of hydrogen-bond acceptors (Lipinski definition) is 5. The van der Waals surface area contributed by atoms with Crippen molar-refractivity contribution in [1.82, 2.24) is 15.2 Å². The molecule has 1 saturated heterocycles. The summed E-state index contributed by atoms with van der Waals surface area (Å²) in [5.41, 5.74) is 0.947. The fourth-order valence-electron chi connectivity index (χ4n) is 2.44. The Morgan fingerprint density at radius 3 is 3.05 bits per heavy atom. The molecule has 1 aliphatic heterocycles. The van der Waals surface area contributed by atoms with E-state index in [1.54, 1.807) is 19.9 Å². The first-order valence-electron chi connectivity index (χ1n) is 6.98. The quantitative estimate of drug-likeness (QED) is 0.877. The van der Waals surface area contributed by atoms with Gasteiger partial charge < -0.3 is 9.64 Å². The number of H-pyrrole nitrogens is 1. The molecule has 1 aliphatic rings. The predicted octanol–water partition coefficient (Wildman–Crippen LogP) is 2.07. The maximum atomic E-state index is 13.3. The lowest BCUT2D eigenvalue weighted by Crippen LogP contribution is -2.20. The Balaban J connectivity index is 1.94. The molecule has 21 heavy (non-hydrogen) atoms. The number of nitrogens with one attached hydrogen (secondary N) is 1. The molecule has 2 aromatic heterocycles. The third-order valence-corrected chi connectivity index (χ3v) is 3.41. The molecule has 3 rings (SSSR count). The highest BCUT2D eigenvalue weighted by Gasteiger charge is 2.25. The normalized spacial score (nSPS) is 18.7. The third kappa shape index (κ3) is 2.68. The molecule has 1 atom stereocenters. The van der Waals surface area contributed by atoms with Gasteiger partial charge in [-0.3, -0.25) is 5.10 Å². The van der Waals surface area contributed by atoms with Crippen LogP contribution in [0.2, 0.25) is 0 Å². The maximum Gasteiger partial charge on any atom is 0.339 e. The number of anilines is 1. The summed E-state index contributed by atoms with van der Waals surface area (Å²) in [6, 6.07) is 1.69. The molecule has 0 spiro atoms. The van der Waals surface area contributed by atoms with Gasteiger partial charge in [0, 0.05) is 12.7 Å². The summed E-state index contributed by atoms with van der Waals surface area (Å²) >= 11 is 0. The molecule has 3 heterocycles. The number of aromatic nitrogens is 3. The van der Waals surface area contributed by atoms with Crippen molar-refractivity contribution in [3.8, 4) is 0 Å². The van der Waals surface area contributed by atoms with Crippen LogP contribution >= 0.6 is 0 Å². The van der Waals surface area contributed by atoms with E-state index in [0.29, 0.717) is 41.9 Å². The molecule has 0 bridgehead atoms. The van der Waals surface area contributed by atoms with E-state index in [0.717, 1.165) is 0 Å². The van der Waals surface area contributed by atoms with Crippen molar-refractivity contribution in [2.24, 2.45) is 0 Å². The Morgan fingerprint density at radius 2 is 2.38 bits per heavy atom. The van der Waals surface area contributed by atoms with Crippen molar-refractivity contribution in [2.75, 3.05) is 18.0 Å². The molecule has 0 aliphatic carbocycles. The monoisotopic (exact) mass is 292 g/mol. The summed E-state index contributed by atoms with van der Waals surface area (Å²) in [7, 11) is 0. The standard InChI is InChI=1S/C14H17FN4O2/c1-8(2)21-14(20)9-5-11-12(16-6-9)17-18-13(11)19-4-3-10(15)7-19/h5-6,8,10H,3-4,7H2,1-2H3,(H,16,17,18). The van der Waals surface area contributed by atoms with Crippen molar-refractivity contribution in [1.29, 1.82) is 0 Å². The minimum Gasteiger partial charge on any atom is -0.459 e. The van der Waals surface area contributed by atoms with Crippen LogP contribution in [0, 0.1) is 0 Å². The Labute approximate surface area is 121 Å². The Bertz CT molecular complexity index is 670. The second-order valence-electron chi connectivity index (χ2n) is 5.45. The predicted molar refractivity (Wildman–Crippen MR) is 76.2 cm³/mol. The SMILES string of the molecule is CC(C)OC(=O)c1cnc2[nH]nc(N3CCC(F)C3)c2c1. The first kappa shape index (κ1) is 13.8. The lowest BCUT2D eigenvalue weighted by atomic mass is 10.2. The third-order valence-electron chi connectivity index (χ3n) is 3.41. The van der Waals surface area contributed by atoms with E-state index >= 15 is 0 Å². The zero-order valence-corrected chi connectivity index (χ0v) is 12.0. The number of aromatic amines is 1. The molecular weight excluding hydrogens is 275 g/mol. The number of carbonyl (C=O) groups excluding carboxylic acids is 1. The van der Waals surface area contributed by atoms with Crippen molar-refractivity contribution in [2.45, 2.75) is 32.5 Å². The molecule has 0 saturated carbocycles. The second-order valence-corrected chi connectivity index (χ2v) is 5.45. The molecule has 6 nitrogen and oxygen atoms in total. The fraction of sp³-hybridized carbons (Fsp3) is 0.500.